The van der Waals surface area contributed by atoms with Crippen molar-refractivity contribution in [3.05, 3.63) is 47.8 Å². The standard InChI is InChI=1S/C20H20FN3O4/c1-3-4-9-28-16-8-5-12(10-17(16)27-2)19(25)24-23-18-14-7-6-13(21)11-15(14)22-20(18)26/h5-8,10-11,22,26H,3-4,9H2,1-2H3. The van der Waals surface area contributed by atoms with Crippen molar-refractivity contribution in [2.45, 2.75) is 19.8 Å². The van der Waals surface area contributed by atoms with Crippen LogP contribution in [-0.4, -0.2) is 29.7 Å². The summed E-state index contributed by atoms with van der Waals surface area (Å²) in [7, 11) is 1.49. The molecule has 1 amide bonds. The smallest absolute Gasteiger partial charge is 0.295 e. The van der Waals surface area contributed by atoms with Crippen LogP contribution in [0.2, 0.25) is 0 Å². The molecule has 0 aliphatic carbocycles. The zero-order valence-corrected chi connectivity index (χ0v) is 15.5. The van der Waals surface area contributed by atoms with Crippen LogP contribution in [0.1, 0.15) is 30.1 Å². The van der Waals surface area contributed by atoms with Gasteiger partial charge in [-0.1, -0.05) is 13.3 Å². The molecule has 1 aromatic heterocycles. The Morgan fingerprint density at radius 3 is 2.79 bits per heavy atom. The number of benzene rings is 2. The molecule has 8 heteroatoms. The number of unbranched alkanes of at least 4 members (excludes halogenated alkanes) is 1. The summed E-state index contributed by atoms with van der Waals surface area (Å²) in [6, 6.07) is 8.63. The zero-order valence-electron chi connectivity index (χ0n) is 15.5. The van der Waals surface area contributed by atoms with Gasteiger partial charge in [-0.15, -0.1) is 10.2 Å². The van der Waals surface area contributed by atoms with E-state index in [2.05, 4.69) is 22.1 Å². The summed E-state index contributed by atoms with van der Waals surface area (Å²) in [5.41, 5.74) is 0.679. The number of H-pyrrole nitrogens is 1. The number of rotatable bonds is 7. The molecule has 0 aliphatic rings. The molecule has 3 aromatic rings. The number of nitrogens with zero attached hydrogens (tertiary/aromatic N) is 2. The molecule has 0 saturated carbocycles. The van der Waals surface area contributed by atoms with Crippen LogP contribution in [-0.2, 0) is 0 Å². The third-order valence-electron chi connectivity index (χ3n) is 4.12. The lowest BCUT2D eigenvalue weighted by molar-refractivity contribution is 0.0994. The minimum Gasteiger partial charge on any atom is -0.493 e. The van der Waals surface area contributed by atoms with Crippen LogP contribution in [0.25, 0.3) is 10.9 Å². The van der Waals surface area contributed by atoms with Gasteiger partial charge >= 0.3 is 0 Å². The maximum Gasteiger partial charge on any atom is 0.295 e. The highest BCUT2D eigenvalue weighted by molar-refractivity contribution is 5.97. The van der Waals surface area contributed by atoms with Crippen LogP contribution >= 0.6 is 0 Å². The first-order chi connectivity index (χ1) is 13.5. The number of ether oxygens (including phenoxy) is 2. The Morgan fingerprint density at radius 1 is 1.21 bits per heavy atom. The maximum atomic E-state index is 13.3. The SMILES string of the molecule is CCCCOc1ccc(C(=O)N=Nc2c(O)[nH]c3cc(F)ccc23)cc1OC. The number of amides is 1. The number of fused-ring (bicyclic) bond motifs is 1. The summed E-state index contributed by atoms with van der Waals surface area (Å²) < 4.78 is 24.2. The first-order valence-corrected chi connectivity index (χ1v) is 8.80. The summed E-state index contributed by atoms with van der Waals surface area (Å²) in [5, 5.41) is 17.9. The van der Waals surface area contributed by atoms with Gasteiger partial charge in [0.05, 0.1) is 19.2 Å². The fourth-order valence-electron chi connectivity index (χ4n) is 2.64. The van der Waals surface area contributed by atoms with E-state index < -0.39 is 11.7 Å². The molecule has 28 heavy (non-hydrogen) atoms. The summed E-state index contributed by atoms with van der Waals surface area (Å²) in [4.78, 5) is 15.0. The van der Waals surface area contributed by atoms with Crippen molar-refractivity contribution in [2.24, 2.45) is 10.2 Å². The average Bonchev–Trinajstić information content (AvgIpc) is 3.00. The van der Waals surface area contributed by atoms with Gasteiger partial charge < -0.3 is 19.6 Å². The third-order valence-corrected chi connectivity index (χ3v) is 4.12. The maximum absolute atomic E-state index is 13.3. The van der Waals surface area contributed by atoms with Crippen molar-refractivity contribution in [1.29, 1.82) is 0 Å². The molecule has 2 N–H and O–H groups in total. The van der Waals surface area contributed by atoms with Crippen molar-refractivity contribution < 1.29 is 23.8 Å². The number of aromatic nitrogens is 1. The average molecular weight is 385 g/mol. The fourth-order valence-corrected chi connectivity index (χ4v) is 2.64. The van der Waals surface area contributed by atoms with Crippen LogP contribution in [0.15, 0.2) is 46.6 Å². The molecule has 0 saturated heterocycles. The van der Waals surface area contributed by atoms with Crippen molar-refractivity contribution in [2.75, 3.05) is 13.7 Å². The molecule has 0 fully saturated rings. The van der Waals surface area contributed by atoms with E-state index in [4.69, 9.17) is 9.47 Å². The Morgan fingerprint density at radius 2 is 2.04 bits per heavy atom. The Labute approximate surface area is 160 Å². The molecule has 0 aliphatic heterocycles. The summed E-state index contributed by atoms with van der Waals surface area (Å²) in [6.45, 7) is 2.62. The van der Waals surface area contributed by atoms with E-state index in [-0.39, 0.29) is 17.1 Å². The molecule has 0 radical (unpaired) electrons. The number of methoxy groups -OCH3 is 1. The quantitative estimate of drug-likeness (QED) is 0.435. The van der Waals surface area contributed by atoms with Crippen molar-refractivity contribution in [3.8, 4) is 17.4 Å². The predicted octanol–water partition coefficient (Wildman–Crippen LogP) is 5.12. The Bertz CT molecular complexity index is 1030. The fraction of sp³-hybridized carbons (Fsp3) is 0.250. The first-order valence-electron chi connectivity index (χ1n) is 8.80. The highest BCUT2D eigenvalue weighted by Gasteiger charge is 2.14. The van der Waals surface area contributed by atoms with Gasteiger partial charge in [0.15, 0.2) is 17.2 Å². The molecule has 0 unspecified atom stereocenters. The molecule has 2 aromatic carbocycles. The summed E-state index contributed by atoms with van der Waals surface area (Å²) in [6.07, 6.45) is 1.92. The van der Waals surface area contributed by atoms with E-state index in [1.54, 1.807) is 12.1 Å². The molecule has 1 heterocycles. The minimum absolute atomic E-state index is 0.0647. The van der Waals surface area contributed by atoms with E-state index in [9.17, 15) is 14.3 Å². The normalized spacial score (nSPS) is 11.2. The van der Waals surface area contributed by atoms with Crippen molar-refractivity contribution in [1.82, 2.24) is 4.98 Å². The van der Waals surface area contributed by atoms with Gasteiger partial charge in [-0.25, -0.2) is 4.39 Å². The first kappa shape index (κ1) is 19.3. The molecule has 0 spiro atoms. The predicted molar refractivity (Wildman–Crippen MR) is 102 cm³/mol. The number of carbonyl (C=O) groups is 1. The number of carbonyl (C=O) groups excluding carboxylic acids is 1. The van der Waals surface area contributed by atoms with Gasteiger partial charge in [-0.05, 0) is 42.8 Å². The topological polar surface area (TPSA) is 96.3 Å². The molecular weight excluding hydrogens is 365 g/mol. The van der Waals surface area contributed by atoms with Crippen LogP contribution < -0.4 is 9.47 Å². The van der Waals surface area contributed by atoms with E-state index in [1.165, 1.54) is 31.4 Å². The van der Waals surface area contributed by atoms with Gasteiger partial charge in [0, 0.05) is 10.9 Å². The lowest BCUT2D eigenvalue weighted by Crippen LogP contribution is -2.01. The molecular formula is C20H20FN3O4. The Balaban J connectivity index is 1.82. The lowest BCUT2D eigenvalue weighted by atomic mass is 10.2. The second-order valence-corrected chi connectivity index (χ2v) is 6.08. The number of halogens is 1. The van der Waals surface area contributed by atoms with Crippen LogP contribution in [0.5, 0.6) is 17.4 Å². The third kappa shape index (κ3) is 4.11. The van der Waals surface area contributed by atoms with E-state index >= 15 is 0 Å². The van der Waals surface area contributed by atoms with Gasteiger partial charge in [0.25, 0.3) is 5.91 Å². The number of azo groups is 1. The number of nitrogens with one attached hydrogen (secondary N) is 1. The van der Waals surface area contributed by atoms with Crippen LogP contribution in [0, 0.1) is 5.82 Å². The lowest BCUT2D eigenvalue weighted by Gasteiger charge is -2.10. The largest absolute Gasteiger partial charge is 0.493 e. The second-order valence-electron chi connectivity index (χ2n) is 6.08. The number of aromatic hydroxyl groups is 1. The minimum atomic E-state index is -0.616. The van der Waals surface area contributed by atoms with E-state index in [1.807, 2.05) is 0 Å². The van der Waals surface area contributed by atoms with Gasteiger partial charge in [0.2, 0.25) is 5.88 Å². The molecule has 0 atom stereocenters. The van der Waals surface area contributed by atoms with Crippen molar-refractivity contribution in [3.63, 3.8) is 0 Å². The monoisotopic (exact) mass is 385 g/mol. The molecule has 146 valence electrons. The number of aromatic amines is 1. The molecule has 0 bridgehead atoms. The van der Waals surface area contributed by atoms with E-state index in [0.717, 1.165) is 12.8 Å². The highest BCUT2D eigenvalue weighted by Crippen LogP contribution is 2.36. The van der Waals surface area contributed by atoms with Crippen LogP contribution in [0.3, 0.4) is 0 Å². The van der Waals surface area contributed by atoms with E-state index in [0.29, 0.717) is 29.0 Å². The van der Waals surface area contributed by atoms with Gasteiger partial charge in [-0.3, -0.25) is 4.79 Å². The van der Waals surface area contributed by atoms with Crippen LogP contribution in [0.4, 0.5) is 10.1 Å². The second kappa shape index (κ2) is 8.51. The summed E-state index contributed by atoms with van der Waals surface area (Å²) in [5.74, 6) is -0.409. The molecule has 7 nitrogen and oxygen atoms in total. The van der Waals surface area contributed by atoms with Gasteiger partial charge in [-0.2, -0.15) is 0 Å². The molecule has 3 rings (SSSR count). The summed E-state index contributed by atoms with van der Waals surface area (Å²) >= 11 is 0. The van der Waals surface area contributed by atoms with Gasteiger partial charge in [0.1, 0.15) is 5.82 Å². The number of hydrogen-bond acceptors (Lipinski definition) is 5. The Hall–Kier alpha value is -3.42. The number of hydrogen-bond donors (Lipinski definition) is 2. The Kier molecular flexibility index (Phi) is 5.88. The highest BCUT2D eigenvalue weighted by atomic mass is 19.1. The zero-order chi connectivity index (χ0) is 20.1. The van der Waals surface area contributed by atoms with Crippen molar-refractivity contribution >= 4 is 22.5 Å².